The number of nitrogens with two attached hydrogens (primary N) is 1. The van der Waals surface area contributed by atoms with E-state index >= 15 is 0 Å². The van der Waals surface area contributed by atoms with E-state index in [-0.39, 0.29) is 0 Å². The maximum Gasteiger partial charge on any atom is 0.0480 e. The van der Waals surface area contributed by atoms with Gasteiger partial charge in [-0.1, -0.05) is 36.9 Å². The monoisotopic (exact) mass is 264 g/mol. The Labute approximate surface area is 114 Å². The van der Waals surface area contributed by atoms with E-state index in [0.717, 1.165) is 17.6 Å². The second-order valence-electron chi connectivity index (χ2n) is 5.56. The van der Waals surface area contributed by atoms with Gasteiger partial charge in [0.15, 0.2) is 0 Å². The minimum atomic E-state index is 0.377. The van der Waals surface area contributed by atoms with E-state index in [2.05, 4.69) is 17.0 Å². The SMILES string of the molecule is NCC1c2cc(Cl)ccc2CN1C1CCCCC1. The van der Waals surface area contributed by atoms with Crippen molar-refractivity contribution in [2.24, 2.45) is 5.73 Å². The number of nitrogens with zero attached hydrogens (tertiary/aromatic N) is 1. The summed E-state index contributed by atoms with van der Waals surface area (Å²) in [6.45, 7) is 1.75. The lowest BCUT2D eigenvalue weighted by atomic mass is 9.93. The first kappa shape index (κ1) is 12.5. The summed E-state index contributed by atoms with van der Waals surface area (Å²) in [4.78, 5) is 2.61. The van der Waals surface area contributed by atoms with Crippen molar-refractivity contribution < 1.29 is 0 Å². The van der Waals surface area contributed by atoms with Gasteiger partial charge in [0.2, 0.25) is 0 Å². The third-order valence-corrected chi connectivity index (χ3v) is 4.72. The highest BCUT2D eigenvalue weighted by atomic mass is 35.5. The van der Waals surface area contributed by atoms with Crippen molar-refractivity contribution in [2.75, 3.05) is 6.54 Å². The molecule has 98 valence electrons. The van der Waals surface area contributed by atoms with Gasteiger partial charge in [0, 0.05) is 30.2 Å². The summed E-state index contributed by atoms with van der Waals surface area (Å²) in [7, 11) is 0. The fraction of sp³-hybridized carbons (Fsp3) is 0.600. The summed E-state index contributed by atoms with van der Waals surface area (Å²) >= 11 is 6.12. The van der Waals surface area contributed by atoms with Gasteiger partial charge in [0.25, 0.3) is 0 Å². The Bertz CT molecular complexity index is 427. The van der Waals surface area contributed by atoms with Crippen LogP contribution in [0.5, 0.6) is 0 Å². The minimum Gasteiger partial charge on any atom is -0.329 e. The van der Waals surface area contributed by atoms with Crippen molar-refractivity contribution >= 4 is 11.6 Å². The number of fused-ring (bicyclic) bond motifs is 1. The fourth-order valence-electron chi connectivity index (χ4n) is 3.56. The first-order chi connectivity index (χ1) is 8.79. The van der Waals surface area contributed by atoms with E-state index in [9.17, 15) is 0 Å². The van der Waals surface area contributed by atoms with E-state index in [4.69, 9.17) is 17.3 Å². The van der Waals surface area contributed by atoms with Gasteiger partial charge in [0.1, 0.15) is 0 Å². The third kappa shape index (κ3) is 2.18. The molecule has 1 heterocycles. The highest BCUT2D eigenvalue weighted by molar-refractivity contribution is 6.30. The molecule has 3 heteroatoms. The second-order valence-corrected chi connectivity index (χ2v) is 6.00. The molecule has 0 amide bonds. The molecule has 0 spiro atoms. The second kappa shape index (κ2) is 5.20. The first-order valence-electron chi connectivity index (χ1n) is 7.03. The Morgan fingerprint density at radius 2 is 2.00 bits per heavy atom. The molecule has 1 atom stereocenters. The molecule has 3 rings (SSSR count). The molecule has 0 radical (unpaired) electrons. The molecule has 1 aromatic carbocycles. The summed E-state index contributed by atoms with van der Waals surface area (Å²) in [6.07, 6.45) is 6.80. The lowest BCUT2D eigenvalue weighted by molar-refractivity contribution is 0.117. The summed E-state index contributed by atoms with van der Waals surface area (Å²) < 4.78 is 0. The quantitative estimate of drug-likeness (QED) is 0.886. The van der Waals surface area contributed by atoms with Crippen molar-refractivity contribution in [1.82, 2.24) is 4.90 Å². The Hall–Kier alpha value is -0.570. The molecule has 2 aliphatic rings. The van der Waals surface area contributed by atoms with Crippen LogP contribution in [0, 0.1) is 0 Å². The first-order valence-corrected chi connectivity index (χ1v) is 7.41. The minimum absolute atomic E-state index is 0.377. The topological polar surface area (TPSA) is 29.3 Å². The molecule has 1 unspecified atom stereocenters. The molecule has 0 bridgehead atoms. The lowest BCUT2D eigenvalue weighted by Crippen LogP contribution is -2.38. The molecular weight excluding hydrogens is 244 g/mol. The molecule has 1 aliphatic carbocycles. The molecule has 1 saturated carbocycles. The van der Waals surface area contributed by atoms with Crippen molar-refractivity contribution in [1.29, 1.82) is 0 Å². The van der Waals surface area contributed by atoms with Crippen LogP contribution in [0.15, 0.2) is 18.2 Å². The smallest absolute Gasteiger partial charge is 0.0480 e. The standard InChI is InChI=1S/C15H21ClN2/c16-12-7-6-11-10-18(13-4-2-1-3-5-13)15(9-17)14(11)8-12/h6-8,13,15H,1-5,9-10,17H2. The summed E-state index contributed by atoms with van der Waals surface area (Å²) in [5.74, 6) is 0. The lowest BCUT2D eigenvalue weighted by Gasteiger charge is -2.35. The van der Waals surface area contributed by atoms with Crippen LogP contribution >= 0.6 is 11.6 Å². The number of hydrogen-bond acceptors (Lipinski definition) is 2. The normalized spacial score (nSPS) is 25.3. The fourth-order valence-corrected chi connectivity index (χ4v) is 3.74. The van der Waals surface area contributed by atoms with Crippen molar-refractivity contribution in [3.05, 3.63) is 34.3 Å². The summed E-state index contributed by atoms with van der Waals surface area (Å²) in [6, 6.07) is 7.37. The van der Waals surface area contributed by atoms with Crippen LogP contribution in [-0.2, 0) is 6.54 Å². The Balaban J connectivity index is 1.86. The zero-order valence-corrected chi connectivity index (χ0v) is 11.5. The third-order valence-electron chi connectivity index (χ3n) is 4.49. The van der Waals surface area contributed by atoms with Gasteiger partial charge >= 0.3 is 0 Å². The van der Waals surface area contributed by atoms with Crippen LogP contribution in [0.4, 0.5) is 0 Å². The van der Waals surface area contributed by atoms with Crippen molar-refractivity contribution in [2.45, 2.75) is 50.7 Å². The van der Waals surface area contributed by atoms with E-state index in [1.165, 1.54) is 43.2 Å². The van der Waals surface area contributed by atoms with Crippen LogP contribution < -0.4 is 5.73 Å². The Morgan fingerprint density at radius 3 is 2.72 bits per heavy atom. The molecule has 0 saturated heterocycles. The summed E-state index contributed by atoms with van der Waals surface area (Å²) in [5.41, 5.74) is 8.79. The Kier molecular flexibility index (Phi) is 3.60. The largest absolute Gasteiger partial charge is 0.329 e. The molecule has 1 aromatic rings. The van der Waals surface area contributed by atoms with Gasteiger partial charge in [-0.3, -0.25) is 4.90 Å². The van der Waals surface area contributed by atoms with Crippen molar-refractivity contribution in [3.8, 4) is 0 Å². The number of hydrogen-bond donors (Lipinski definition) is 1. The number of benzene rings is 1. The highest BCUT2D eigenvalue weighted by Crippen LogP contribution is 2.39. The highest BCUT2D eigenvalue weighted by Gasteiger charge is 2.34. The van der Waals surface area contributed by atoms with Gasteiger partial charge in [0.05, 0.1) is 0 Å². The maximum absolute atomic E-state index is 6.12. The van der Waals surface area contributed by atoms with Gasteiger partial charge in [-0.2, -0.15) is 0 Å². The van der Waals surface area contributed by atoms with E-state index in [1.807, 2.05) is 6.07 Å². The molecular formula is C15H21ClN2. The summed E-state index contributed by atoms with van der Waals surface area (Å²) in [5, 5.41) is 0.831. The predicted octanol–water partition coefficient (Wildman–Crippen LogP) is 3.49. The predicted molar refractivity (Wildman–Crippen MR) is 75.7 cm³/mol. The average molecular weight is 265 g/mol. The van der Waals surface area contributed by atoms with Gasteiger partial charge in [-0.05, 0) is 36.1 Å². The maximum atomic E-state index is 6.12. The van der Waals surface area contributed by atoms with Gasteiger partial charge in [-0.25, -0.2) is 0 Å². The molecule has 0 aromatic heterocycles. The Morgan fingerprint density at radius 1 is 1.22 bits per heavy atom. The number of rotatable bonds is 2. The van der Waals surface area contributed by atoms with E-state index < -0.39 is 0 Å². The van der Waals surface area contributed by atoms with Crippen LogP contribution in [0.3, 0.4) is 0 Å². The number of halogens is 1. The van der Waals surface area contributed by atoms with Gasteiger partial charge < -0.3 is 5.73 Å². The molecule has 2 nitrogen and oxygen atoms in total. The van der Waals surface area contributed by atoms with E-state index in [0.29, 0.717) is 12.6 Å². The van der Waals surface area contributed by atoms with Crippen molar-refractivity contribution in [3.63, 3.8) is 0 Å². The van der Waals surface area contributed by atoms with Crippen LogP contribution in [0.1, 0.15) is 49.3 Å². The van der Waals surface area contributed by atoms with E-state index in [1.54, 1.807) is 0 Å². The molecule has 2 N–H and O–H groups in total. The van der Waals surface area contributed by atoms with Crippen LogP contribution in [0.2, 0.25) is 5.02 Å². The zero-order chi connectivity index (χ0) is 12.5. The van der Waals surface area contributed by atoms with Crippen LogP contribution in [0.25, 0.3) is 0 Å². The van der Waals surface area contributed by atoms with Crippen LogP contribution in [-0.4, -0.2) is 17.5 Å². The van der Waals surface area contributed by atoms with Gasteiger partial charge in [-0.15, -0.1) is 0 Å². The molecule has 1 fully saturated rings. The zero-order valence-electron chi connectivity index (χ0n) is 10.7. The average Bonchev–Trinajstić information content (AvgIpc) is 2.77. The molecule has 1 aliphatic heterocycles. The molecule has 18 heavy (non-hydrogen) atoms.